The number of hydrogen-bond acceptors (Lipinski definition) is 2. The van der Waals surface area contributed by atoms with Crippen LogP contribution in [0, 0.1) is 5.41 Å². The first-order chi connectivity index (χ1) is 6.99. The van der Waals surface area contributed by atoms with Crippen LogP contribution in [0.5, 0.6) is 0 Å². The van der Waals surface area contributed by atoms with Crippen LogP contribution in [0.3, 0.4) is 0 Å². The number of nitrogens with one attached hydrogen (secondary N) is 1. The highest BCUT2D eigenvalue weighted by molar-refractivity contribution is 4.78. The molecule has 0 saturated heterocycles. The summed E-state index contributed by atoms with van der Waals surface area (Å²) in [6, 6.07) is 0.884. The van der Waals surface area contributed by atoms with Gasteiger partial charge in [-0.2, -0.15) is 0 Å². The molecule has 1 saturated carbocycles. The highest BCUT2D eigenvalue weighted by Crippen LogP contribution is 2.22. The van der Waals surface area contributed by atoms with Gasteiger partial charge in [-0.15, -0.1) is 0 Å². The Bertz CT molecular complexity index is 168. The van der Waals surface area contributed by atoms with Crippen LogP contribution in [-0.4, -0.2) is 37.6 Å². The van der Waals surface area contributed by atoms with Crippen LogP contribution < -0.4 is 5.32 Å². The Morgan fingerprint density at radius 3 is 2.33 bits per heavy atom. The fraction of sp³-hybridized carbons (Fsp3) is 1.00. The molecule has 2 nitrogen and oxygen atoms in total. The summed E-state index contributed by atoms with van der Waals surface area (Å²) in [5, 5.41) is 3.53. The van der Waals surface area contributed by atoms with E-state index in [2.05, 4.69) is 38.0 Å². The quantitative estimate of drug-likeness (QED) is 0.681. The average Bonchev–Trinajstić information content (AvgIpc) is 1.97. The van der Waals surface area contributed by atoms with E-state index < -0.39 is 0 Å². The van der Waals surface area contributed by atoms with Crippen LogP contribution in [0.15, 0.2) is 0 Å². The molecule has 1 N–H and O–H groups in total. The molecule has 0 atom stereocenters. The molecule has 1 aliphatic rings. The molecule has 0 radical (unpaired) electrons. The van der Waals surface area contributed by atoms with Crippen LogP contribution in [0.2, 0.25) is 0 Å². The van der Waals surface area contributed by atoms with Crippen LogP contribution in [0.25, 0.3) is 0 Å². The smallest absolute Gasteiger partial charge is 0.0107 e. The first-order valence-corrected chi connectivity index (χ1v) is 6.40. The normalized spacial score (nSPS) is 18.2. The molecule has 15 heavy (non-hydrogen) atoms. The predicted molar refractivity (Wildman–Crippen MR) is 67.2 cm³/mol. The molecule has 0 unspecified atom stereocenters. The lowest BCUT2D eigenvalue weighted by molar-refractivity contribution is 0.160. The van der Waals surface area contributed by atoms with Crippen molar-refractivity contribution < 1.29 is 0 Å². The standard InChI is InChI=1S/C13H28N2/c1-13(2,3)8-9-14-10-11-15(4)12-6-5-7-12/h12,14H,5-11H2,1-4H3. The van der Waals surface area contributed by atoms with E-state index in [9.17, 15) is 0 Å². The van der Waals surface area contributed by atoms with Gasteiger partial charge in [-0.25, -0.2) is 0 Å². The van der Waals surface area contributed by atoms with Crippen molar-refractivity contribution in [3.63, 3.8) is 0 Å². The van der Waals surface area contributed by atoms with Gasteiger partial charge in [0.25, 0.3) is 0 Å². The summed E-state index contributed by atoms with van der Waals surface area (Å²) in [4.78, 5) is 2.51. The van der Waals surface area contributed by atoms with Gasteiger partial charge >= 0.3 is 0 Å². The topological polar surface area (TPSA) is 15.3 Å². The monoisotopic (exact) mass is 212 g/mol. The fourth-order valence-corrected chi connectivity index (χ4v) is 1.85. The number of rotatable bonds is 6. The van der Waals surface area contributed by atoms with E-state index in [1.165, 1.54) is 32.2 Å². The highest BCUT2D eigenvalue weighted by Gasteiger charge is 2.21. The van der Waals surface area contributed by atoms with Gasteiger partial charge in [0.15, 0.2) is 0 Å². The van der Waals surface area contributed by atoms with Crippen molar-refractivity contribution in [2.45, 2.75) is 52.5 Å². The Balaban J connectivity index is 1.92. The van der Waals surface area contributed by atoms with Crippen LogP contribution >= 0.6 is 0 Å². The first-order valence-electron chi connectivity index (χ1n) is 6.40. The van der Waals surface area contributed by atoms with Gasteiger partial charge in [-0.05, 0) is 38.3 Å². The molecule has 90 valence electrons. The summed E-state index contributed by atoms with van der Waals surface area (Å²) < 4.78 is 0. The summed E-state index contributed by atoms with van der Waals surface area (Å²) in [5.74, 6) is 0. The lowest BCUT2D eigenvalue weighted by atomic mass is 9.92. The molecule has 1 fully saturated rings. The van der Waals surface area contributed by atoms with E-state index in [1.807, 2.05) is 0 Å². The van der Waals surface area contributed by atoms with E-state index in [0.717, 1.165) is 19.1 Å². The minimum atomic E-state index is 0.465. The summed E-state index contributed by atoms with van der Waals surface area (Å²) in [7, 11) is 2.26. The maximum absolute atomic E-state index is 3.53. The minimum Gasteiger partial charge on any atom is -0.315 e. The second kappa shape index (κ2) is 5.86. The zero-order chi connectivity index (χ0) is 11.3. The van der Waals surface area contributed by atoms with Crippen molar-refractivity contribution in [1.29, 1.82) is 0 Å². The van der Waals surface area contributed by atoms with Crippen molar-refractivity contribution in [3.8, 4) is 0 Å². The van der Waals surface area contributed by atoms with Crippen LogP contribution in [0.1, 0.15) is 46.5 Å². The molecule has 0 spiro atoms. The van der Waals surface area contributed by atoms with Crippen LogP contribution in [0.4, 0.5) is 0 Å². The average molecular weight is 212 g/mol. The van der Waals surface area contributed by atoms with E-state index in [0.29, 0.717) is 5.41 Å². The molecule has 0 aromatic carbocycles. The summed E-state index contributed by atoms with van der Waals surface area (Å²) in [6.45, 7) is 10.4. The third-order valence-electron chi connectivity index (χ3n) is 3.39. The SMILES string of the molecule is CN(CCNCCC(C)(C)C)C1CCC1. The van der Waals surface area contributed by atoms with Crippen molar-refractivity contribution >= 4 is 0 Å². The van der Waals surface area contributed by atoms with Crippen molar-refractivity contribution in [2.75, 3.05) is 26.7 Å². The van der Waals surface area contributed by atoms with E-state index in [1.54, 1.807) is 0 Å². The molecule has 0 heterocycles. The van der Waals surface area contributed by atoms with Gasteiger partial charge in [-0.1, -0.05) is 27.2 Å². The summed E-state index contributed by atoms with van der Waals surface area (Å²) in [5.41, 5.74) is 0.465. The molecule has 1 aliphatic carbocycles. The molecule has 2 heteroatoms. The molecule has 0 bridgehead atoms. The van der Waals surface area contributed by atoms with Gasteiger partial charge in [0.2, 0.25) is 0 Å². The molecule has 0 aromatic heterocycles. The van der Waals surface area contributed by atoms with Crippen molar-refractivity contribution in [1.82, 2.24) is 10.2 Å². The van der Waals surface area contributed by atoms with Crippen LogP contribution in [-0.2, 0) is 0 Å². The maximum Gasteiger partial charge on any atom is 0.0107 e. The Morgan fingerprint density at radius 1 is 1.20 bits per heavy atom. The Labute approximate surface area is 95.4 Å². The third kappa shape index (κ3) is 5.53. The molecular weight excluding hydrogens is 184 g/mol. The molecule has 0 amide bonds. The Kier molecular flexibility index (Phi) is 5.07. The van der Waals surface area contributed by atoms with Gasteiger partial charge in [0.05, 0.1) is 0 Å². The summed E-state index contributed by atoms with van der Waals surface area (Å²) >= 11 is 0. The van der Waals surface area contributed by atoms with Crippen molar-refractivity contribution in [3.05, 3.63) is 0 Å². The fourth-order valence-electron chi connectivity index (χ4n) is 1.85. The van der Waals surface area contributed by atoms with Crippen molar-refractivity contribution in [2.24, 2.45) is 5.41 Å². The lowest BCUT2D eigenvalue weighted by Crippen LogP contribution is -2.41. The molecular formula is C13H28N2. The number of nitrogens with zero attached hydrogens (tertiary/aromatic N) is 1. The number of likely N-dealkylation sites (N-methyl/N-ethyl adjacent to an activating group) is 1. The predicted octanol–water partition coefficient (Wildman–Crippen LogP) is 2.50. The largest absolute Gasteiger partial charge is 0.315 e. The van der Waals surface area contributed by atoms with Gasteiger partial charge in [0, 0.05) is 19.1 Å². The van der Waals surface area contributed by atoms with E-state index in [-0.39, 0.29) is 0 Å². The lowest BCUT2D eigenvalue weighted by Gasteiger charge is -2.34. The first kappa shape index (κ1) is 13.0. The molecule has 0 aliphatic heterocycles. The zero-order valence-corrected chi connectivity index (χ0v) is 11.0. The van der Waals surface area contributed by atoms with Gasteiger partial charge in [-0.3, -0.25) is 0 Å². The number of hydrogen-bond donors (Lipinski definition) is 1. The maximum atomic E-state index is 3.53. The summed E-state index contributed by atoms with van der Waals surface area (Å²) in [6.07, 6.45) is 5.53. The Morgan fingerprint density at radius 2 is 1.87 bits per heavy atom. The van der Waals surface area contributed by atoms with Gasteiger partial charge in [0.1, 0.15) is 0 Å². The Hall–Kier alpha value is -0.0800. The third-order valence-corrected chi connectivity index (χ3v) is 3.39. The van der Waals surface area contributed by atoms with E-state index in [4.69, 9.17) is 0 Å². The minimum absolute atomic E-state index is 0.465. The molecule has 1 rings (SSSR count). The second-order valence-corrected chi connectivity index (χ2v) is 6.13. The zero-order valence-electron chi connectivity index (χ0n) is 11.0. The van der Waals surface area contributed by atoms with Gasteiger partial charge < -0.3 is 10.2 Å². The second-order valence-electron chi connectivity index (χ2n) is 6.13. The van der Waals surface area contributed by atoms with E-state index >= 15 is 0 Å². The highest BCUT2D eigenvalue weighted by atomic mass is 15.1. The molecule has 0 aromatic rings.